The van der Waals surface area contributed by atoms with Crippen molar-refractivity contribution in [1.29, 1.82) is 0 Å². The molecule has 0 saturated carbocycles. The van der Waals surface area contributed by atoms with Gasteiger partial charge < -0.3 is 10.1 Å². The molecule has 2 aromatic carbocycles. The first-order valence-electron chi connectivity index (χ1n) is 7.42. The standard InChI is InChI=1S/C18H12F4N2O2/c1-8-6-7-9-10(23-8)4-3-5-11(9)24-18(25)12-13(19)15(21)17(26-2)16(22)14(12)20/h3-7H,1-2H3,(H,24,25). The summed E-state index contributed by atoms with van der Waals surface area (Å²) in [6.07, 6.45) is 0. The highest BCUT2D eigenvalue weighted by Gasteiger charge is 2.30. The second kappa shape index (κ2) is 6.62. The monoisotopic (exact) mass is 364 g/mol. The average Bonchev–Trinajstić information content (AvgIpc) is 2.60. The van der Waals surface area contributed by atoms with Crippen LogP contribution in [0.15, 0.2) is 30.3 Å². The zero-order valence-corrected chi connectivity index (χ0v) is 13.7. The molecule has 1 aromatic heterocycles. The third-order valence-corrected chi connectivity index (χ3v) is 3.77. The molecule has 1 heterocycles. The third kappa shape index (κ3) is 2.83. The quantitative estimate of drug-likeness (QED) is 0.555. The van der Waals surface area contributed by atoms with Crippen molar-refractivity contribution in [2.75, 3.05) is 12.4 Å². The minimum absolute atomic E-state index is 0.190. The number of aryl methyl sites for hydroxylation is 1. The lowest BCUT2D eigenvalue weighted by Crippen LogP contribution is -2.19. The molecule has 0 atom stereocenters. The largest absolute Gasteiger partial charge is 0.491 e. The number of ether oxygens (including phenoxy) is 1. The Morgan fingerprint density at radius 2 is 1.65 bits per heavy atom. The molecule has 0 aliphatic carbocycles. The second-order valence-electron chi connectivity index (χ2n) is 5.44. The molecular weight excluding hydrogens is 352 g/mol. The van der Waals surface area contributed by atoms with E-state index < -0.39 is 40.5 Å². The summed E-state index contributed by atoms with van der Waals surface area (Å²) in [6.45, 7) is 1.78. The van der Waals surface area contributed by atoms with Crippen molar-refractivity contribution in [3.05, 3.63) is 64.9 Å². The van der Waals surface area contributed by atoms with Crippen molar-refractivity contribution in [2.45, 2.75) is 6.92 Å². The van der Waals surface area contributed by atoms with Gasteiger partial charge in [0.15, 0.2) is 17.4 Å². The van der Waals surface area contributed by atoms with E-state index in [-0.39, 0.29) is 5.69 Å². The van der Waals surface area contributed by atoms with Crippen LogP contribution >= 0.6 is 0 Å². The Kier molecular flexibility index (Phi) is 4.50. The maximum Gasteiger partial charge on any atom is 0.261 e. The fraction of sp³-hybridized carbons (Fsp3) is 0.111. The second-order valence-corrected chi connectivity index (χ2v) is 5.44. The van der Waals surface area contributed by atoms with Crippen LogP contribution in [-0.4, -0.2) is 18.0 Å². The molecule has 1 amide bonds. The topological polar surface area (TPSA) is 51.2 Å². The van der Waals surface area contributed by atoms with Gasteiger partial charge in [0.25, 0.3) is 5.91 Å². The number of carbonyl (C=O) groups is 1. The molecule has 8 heteroatoms. The smallest absolute Gasteiger partial charge is 0.261 e. The Balaban J connectivity index is 2.07. The van der Waals surface area contributed by atoms with Gasteiger partial charge in [-0.1, -0.05) is 6.07 Å². The predicted octanol–water partition coefficient (Wildman–Crippen LogP) is 4.36. The van der Waals surface area contributed by atoms with Crippen LogP contribution in [0.25, 0.3) is 10.9 Å². The van der Waals surface area contributed by atoms with E-state index in [2.05, 4.69) is 15.0 Å². The normalized spacial score (nSPS) is 10.8. The highest BCUT2D eigenvalue weighted by molar-refractivity contribution is 6.09. The van der Waals surface area contributed by atoms with Crippen molar-refractivity contribution in [1.82, 2.24) is 4.98 Å². The van der Waals surface area contributed by atoms with E-state index in [9.17, 15) is 22.4 Å². The number of nitrogens with one attached hydrogen (secondary N) is 1. The van der Waals surface area contributed by atoms with E-state index >= 15 is 0 Å². The number of rotatable bonds is 3. The van der Waals surface area contributed by atoms with E-state index in [0.717, 1.165) is 12.8 Å². The van der Waals surface area contributed by atoms with Crippen LogP contribution in [0.5, 0.6) is 5.75 Å². The van der Waals surface area contributed by atoms with Gasteiger partial charge in [-0.2, -0.15) is 8.78 Å². The van der Waals surface area contributed by atoms with Gasteiger partial charge in [-0.3, -0.25) is 9.78 Å². The summed E-state index contributed by atoms with van der Waals surface area (Å²) < 4.78 is 60.0. The van der Waals surface area contributed by atoms with E-state index in [1.165, 1.54) is 6.07 Å². The molecular formula is C18H12F4N2O2. The van der Waals surface area contributed by atoms with Crippen LogP contribution in [0, 0.1) is 30.2 Å². The molecule has 0 radical (unpaired) electrons. The van der Waals surface area contributed by atoms with Crippen LogP contribution < -0.4 is 10.1 Å². The van der Waals surface area contributed by atoms with Gasteiger partial charge in [-0.05, 0) is 31.2 Å². The van der Waals surface area contributed by atoms with Gasteiger partial charge in [-0.15, -0.1) is 0 Å². The van der Waals surface area contributed by atoms with Gasteiger partial charge in [0.1, 0.15) is 5.56 Å². The zero-order chi connectivity index (χ0) is 19.0. The number of pyridine rings is 1. The molecule has 4 nitrogen and oxygen atoms in total. The number of carbonyl (C=O) groups excluding carboxylic acids is 1. The molecule has 0 aliphatic heterocycles. The van der Waals surface area contributed by atoms with E-state index in [0.29, 0.717) is 10.9 Å². The van der Waals surface area contributed by atoms with E-state index in [1.54, 1.807) is 31.2 Å². The molecule has 0 saturated heterocycles. The van der Waals surface area contributed by atoms with Crippen molar-refractivity contribution in [2.24, 2.45) is 0 Å². The van der Waals surface area contributed by atoms with Crippen molar-refractivity contribution in [3.8, 4) is 5.75 Å². The summed E-state index contributed by atoms with van der Waals surface area (Å²) in [5.41, 5.74) is 0.0847. The first kappa shape index (κ1) is 17.7. The van der Waals surface area contributed by atoms with Crippen molar-refractivity contribution in [3.63, 3.8) is 0 Å². The van der Waals surface area contributed by atoms with Crippen LogP contribution in [0.2, 0.25) is 0 Å². The van der Waals surface area contributed by atoms with Gasteiger partial charge in [0.05, 0.1) is 18.3 Å². The van der Waals surface area contributed by atoms with Crippen molar-refractivity contribution >= 4 is 22.5 Å². The lowest BCUT2D eigenvalue weighted by atomic mass is 10.1. The number of nitrogens with zero attached hydrogens (tertiary/aromatic N) is 1. The molecule has 0 spiro atoms. The maximum absolute atomic E-state index is 14.1. The zero-order valence-electron chi connectivity index (χ0n) is 13.7. The SMILES string of the molecule is COc1c(F)c(F)c(C(=O)Nc2cccc3nc(C)ccc23)c(F)c1F. The summed E-state index contributed by atoms with van der Waals surface area (Å²) in [5, 5.41) is 2.76. The maximum atomic E-state index is 14.1. The molecule has 0 fully saturated rings. The number of fused-ring (bicyclic) bond motifs is 1. The molecule has 0 unspecified atom stereocenters. The van der Waals surface area contributed by atoms with Crippen LogP contribution in [0.1, 0.15) is 16.1 Å². The fourth-order valence-electron chi connectivity index (χ4n) is 2.54. The Bertz CT molecular complexity index is 1010. The number of hydrogen-bond acceptors (Lipinski definition) is 3. The number of hydrogen-bond donors (Lipinski definition) is 1. The molecule has 1 N–H and O–H groups in total. The van der Waals surface area contributed by atoms with Crippen LogP contribution in [0.4, 0.5) is 23.2 Å². The number of amides is 1. The Hall–Kier alpha value is -3.16. The molecule has 0 aliphatic rings. The number of benzene rings is 2. The van der Waals surface area contributed by atoms with Crippen molar-refractivity contribution < 1.29 is 27.1 Å². The minimum atomic E-state index is -1.84. The molecule has 0 bridgehead atoms. The lowest BCUT2D eigenvalue weighted by molar-refractivity contribution is 0.101. The van der Waals surface area contributed by atoms with Gasteiger partial charge in [0, 0.05) is 11.1 Å². The van der Waals surface area contributed by atoms with Gasteiger partial charge in [0.2, 0.25) is 11.6 Å². The van der Waals surface area contributed by atoms with Crippen LogP contribution in [-0.2, 0) is 0 Å². The average molecular weight is 364 g/mol. The van der Waals surface area contributed by atoms with Gasteiger partial charge >= 0.3 is 0 Å². The molecule has 3 rings (SSSR count). The summed E-state index contributed by atoms with van der Waals surface area (Å²) in [6, 6.07) is 8.09. The van der Waals surface area contributed by atoms with E-state index in [1.807, 2.05) is 0 Å². The highest BCUT2D eigenvalue weighted by Crippen LogP contribution is 2.31. The van der Waals surface area contributed by atoms with Gasteiger partial charge in [-0.25, -0.2) is 8.78 Å². The fourth-order valence-corrected chi connectivity index (χ4v) is 2.54. The Labute approximate surface area is 145 Å². The predicted molar refractivity (Wildman–Crippen MR) is 87.3 cm³/mol. The summed E-state index contributed by atoms with van der Waals surface area (Å²) in [5.74, 6) is -9.83. The summed E-state index contributed by atoms with van der Waals surface area (Å²) in [4.78, 5) is 16.6. The molecule has 26 heavy (non-hydrogen) atoms. The third-order valence-electron chi connectivity index (χ3n) is 3.77. The first-order valence-corrected chi connectivity index (χ1v) is 7.42. The number of anilines is 1. The summed E-state index contributed by atoms with van der Waals surface area (Å²) in [7, 11) is 0.852. The number of halogens is 4. The Morgan fingerprint density at radius 1 is 1.00 bits per heavy atom. The lowest BCUT2D eigenvalue weighted by Gasteiger charge is -2.12. The first-order chi connectivity index (χ1) is 12.3. The number of methoxy groups -OCH3 is 1. The summed E-state index contributed by atoms with van der Waals surface area (Å²) >= 11 is 0. The highest BCUT2D eigenvalue weighted by atomic mass is 19.2. The molecule has 3 aromatic rings. The minimum Gasteiger partial charge on any atom is -0.491 e. The van der Waals surface area contributed by atoms with Crippen LogP contribution in [0.3, 0.4) is 0 Å². The van der Waals surface area contributed by atoms with E-state index in [4.69, 9.17) is 0 Å². The Morgan fingerprint density at radius 3 is 2.27 bits per heavy atom. The number of aromatic nitrogens is 1. The molecule has 134 valence electrons.